The van der Waals surface area contributed by atoms with Crippen LogP contribution in [0.25, 0.3) is 0 Å². The average Bonchev–Trinajstić information content (AvgIpc) is 0.918. The van der Waals surface area contributed by atoms with Crippen LogP contribution in [-0.2, 0) is 4.57 Å². The van der Waals surface area contributed by atoms with E-state index in [9.17, 15) is 0 Å². The SMILES string of the molecule is N.N.O=[PH+]O. The van der Waals surface area contributed by atoms with E-state index in [1.165, 1.54) is 0 Å². The molecule has 0 aliphatic carbocycles. The molecule has 0 aromatic rings. The van der Waals surface area contributed by atoms with Crippen LogP contribution in [0.2, 0.25) is 0 Å². The van der Waals surface area contributed by atoms with Crippen molar-refractivity contribution in [1.82, 2.24) is 12.3 Å². The lowest BCUT2D eigenvalue weighted by molar-refractivity contribution is 0.524. The minimum absolute atomic E-state index is 0. The minimum atomic E-state index is -1.17. The zero-order chi connectivity index (χ0) is 2.71. The smallest absolute Gasteiger partial charge is 0.344 e. The predicted molar refractivity (Wildman–Crippen MR) is 21.3 cm³/mol. The molecule has 0 amide bonds. The fourth-order valence-corrected chi connectivity index (χ4v) is 0. The molecule has 5 heteroatoms. The van der Waals surface area contributed by atoms with Crippen molar-refractivity contribution in [2.24, 2.45) is 0 Å². The van der Waals surface area contributed by atoms with E-state index >= 15 is 0 Å². The highest BCUT2D eigenvalue weighted by molar-refractivity contribution is 7.16. The average molecular weight is 99.0 g/mol. The van der Waals surface area contributed by atoms with Crippen molar-refractivity contribution in [2.45, 2.75) is 0 Å². The summed E-state index contributed by atoms with van der Waals surface area (Å²) in [7, 11) is -1.17. The van der Waals surface area contributed by atoms with Gasteiger partial charge in [-0.15, -0.1) is 0 Å². The highest BCUT2D eigenvalue weighted by Crippen LogP contribution is 1.66. The van der Waals surface area contributed by atoms with Crippen LogP contribution in [-0.4, -0.2) is 4.89 Å². The van der Waals surface area contributed by atoms with Crippen molar-refractivity contribution in [2.75, 3.05) is 0 Å². The van der Waals surface area contributed by atoms with Gasteiger partial charge >= 0.3 is 8.69 Å². The van der Waals surface area contributed by atoms with Gasteiger partial charge in [0.15, 0.2) is 0 Å². The summed E-state index contributed by atoms with van der Waals surface area (Å²) in [6, 6.07) is 0. The third kappa shape index (κ3) is 39000. The fourth-order valence-electron chi connectivity index (χ4n) is 0. The summed E-state index contributed by atoms with van der Waals surface area (Å²) in [5, 5.41) is 0. The van der Waals surface area contributed by atoms with Gasteiger partial charge in [-0.25, -0.2) is 0 Å². The monoisotopic (exact) mass is 99.0 g/mol. The molecule has 0 heterocycles. The standard InChI is InChI=1S/2H3N.HO2P/c;;1-3-2/h2*1H3;3H/p+1. The Labute approximate surface area is 31.6 Å². The van der Waals surface area contributed by atoms with Gasteiger partial charge in [-0.1, -0.05) is 0 Å². The number of hydrogen-bond donors (Lipinski definition) is 3. The van der Waals surface area contributed by atoms with E-state index in [1.807, 2.05) is 0 Å². The Bertz CT molecular complexity index is 15.1. The maximum atomic E-state index is 8.51. The minimum Gasteiger partial charge on any atom is -0.344 e. The molecule has 0 saturated heterocycles. The number of hydrogen-bond acceptors (Lipinski definition) is 3. The van der Waals surface area contributed by atoms with Gasteiger partial charge in [0.1, 0.15) is 0 Å². The van der Waals surface area contributed by atoms with Crippen molar-refractivity contribution in [3.8, 4) is 0 Å². The Morgan fingerprint density at radius 1 is 1.40 bits per heavy atom. The maximum absolute atomic E-state index is 8.51. The zero-order valence-corrected chi connectivity index (χ0v) is 3.77. The predicted octanol–water partition coefficient (Wildman–Crippen LogP) is 0.242. The van der Waals surface area contributed by atoms with E-state index in [-0.39, 0.29) is 12.3 Å². The molecule has 0 spiro atoms. The normalized spacial score (nSPS) is 4.20. The Kier molecular flexibility index (Phi) is 148. The first kappa shape index (κ1) is 20.1. The van der Waals surface area contributed by atoms with Crippen LogP contribution in [0.5, 0.6) is 0 Å². The molecule has 0 aliphatic rings. The van der Waals surface area contributed by atoms with Gasteiger partial charge in [0, 0.05) is 0 Å². The van der Waals surface area contributed by atoms with Gasteiger partial charge in [0.25, 0.3) is 0 Å². The van der Waals surface area contributed by atoms with Crippen LogP contribution in [0, 0.1) is 0 Å². The van der Waals surface area contributed by atoms with Gasteiger partial charge < -0.3 is 12.3 Å². The second-order valence-corrected chi connectivity index (χ2v) is 0.274. The highest BCUT2D eigenvalue weighted by Gasteiger charge is 1.45. The molecule has 1 atom stereocenters. The lowest BCUT2D eigenvalue weighted by atomic mass is 14.0. The first-order valence-electron chi connectivity index (χ1n) is 0.428. The highest BCUT2D eigenvalue weighted by atomic mass is 31.1. The van der Waals surface area contributed by atoms with Crippen LogP contribution < -0.4 is 12.3 Å². The first-order valence-corrected chi connectivity index (χ1v) is 1.28. The third-order valence-corrected chi connectivity index (χ3v) is 0. The Hall–Kier alpha value is -0.0200. The van der Waals surface area contributed by atoms with Crippen LogP contribution in [0.1, 0.15) is 0 Å². The quantitative estimate of drug-likeness (QED) is 0.378. The van der Waals surface area contributed by atoms with E-state index < -0.39 is 8.69 Å². The maximum Gasteiger partial charge on any atom is 0.491 e. The second kappa shape index (κ2) is 36.8. The molecule has 0 rings (SSSR count). The van der Waals surface area contributed by atoms with Crippen molar-refractivity contribution >= 4 is 8.69 Å². The molecule has 0 aromatic carbocycles. The van der Waals surface area contributed by atoms with Crippen LogP contribution in [0.4, 0.5) is 0 Å². The van der Waals surface area contributed by atoms with Crippen molar-refractivity contribution in [1.29, 1.82) is 0 Å². The van der Waals surface area contributed by atoms with E-state index in [0.717, 1.165) is 0 Å². The van der Waals surface area contributed by atoms with Gasteiger partial charge in [0.05, 0.1) is 0 Å². The molecule has 34 valence electrons. The Morgan fingerprint density at radius 3 is 1.40 bits per heavy atom. The molecule has 0 saturated carbocycles. The topological polar surface area (TPSA) is 107 Å². The summed E-state index contributed by atoms with van der Waals surface area (Å²) in [6.07, 6.45) is 0. The lowest BCUT2D eigenvalue weighted by Crippen LogP contribution is -1.03. The van der Waals surface area contributed by atoms with Crippen molar-refractivity contribution in [3.63, 3.8) is 0 Å². The van der Waals surface area contributed by atoms with Gasteiger partial charge in [-0.2, -0.15) is 4.89 Å². The summed E-state index contributed by atoms with van der Waals surface area (Å²) in [4.78, 5) is 7.04. The Balaban J connectivity index is -0.0000000200. The summed E-state index contributed by atoms with van der Waals surface area (Å²) in [5.41, 5.74) is 0. The first-order chi connectivity index (χ1) is 1.41. The molecule has 0 aliphatic heterocycles. The summed E-state index contributed by atoms with van der Waals surface area (Å²) in [5.74, 6) is 0. The van der Waals surface area contributed by atoms with E-state index in [1.54, 1.807) is 0 Å². The molecular formula is H8N2O2P+. The van der Waals surface area contributed by atoms with Crippen LogP contribution >= 0.6 is 8.69 Å². The van der Waals surface area contributed by atoms with Gasteiger partial charge in [0.2, 0.25) is 0 Å². The van der Waals surface area contributed by atoms with Crippen molar-refractivity contribution in [3.05, 3.63) is 0 Å². The zero-order valence-electron chi connectivity index (χ0n) is 2.77. The van der Waals surface area contributed by atoms with Gasteiger partial charge in [-0.3, -0.25) is 0 Å². The summed E-state index contributed by atoms with van der Waals surface area (Å²) >= 11 is 0. The summed E-state index contributed by atoms with van der Waals surface area (Å²) < 4.78 is 8.51. The molecule has 0 fully saturated rings. The largest absolute Gasteiger partial charge is 0.491 e. The fraction of sp³-hybridized carbons (Fsp3) is 0. The molecule has 4 nitrogen and oxygen atoms in total. The van der Waals surface area contributed by atoms with Crippen molar-refractivity contribution < 1.29 is 9.46 Å². The number of rotatable bonds is 0. The summed E-state index contributed by atoms with van der Waals surface area (Å²) in [6.45, 7) is 0. The molecule has 0 bridgehead atoms. The molecule has 5 heavy (non-hydrogen) atoms. The second-order valence-electron chi connectivity index (χ2n) is 0.0913. The molecule has 1 unspecified atom stereocenters. The van der Waals surface area contributed by atoms with E-state index in [4.69, 9.17) is 9.46 Å². The molecular weight excluding hydrogens is 91.0 g/mol. The van der Waals surface area contributed by atoms with Crippen LogP contribution in [0.15, 0.2) is 0 Å². The van der Waals surface area contributed by atoms with E-state index in [2.05, 4.69) is 0 Å². The molecule has 0 aromatic heterocycles. The molecule has 7 N–H and O–H groups in total. The van der Waals surface area contributed by atoms with Crippen LogP contribution in [0.3, 0.4) is 0 Å². The third-order valence-electron chi connectivity index (χ3n) is 0. The van der Waals surface area contributed by atoms with Gasteiger partial charge in [-0.05, 0) is 4.57 Å². The lowest BCUT2D eigenvalue weighted by Gasteiger charge is -1.08. The Morgan fingerprint density at radius 2 is 1.40 bits per heavy atom. The molecule has 0 radical (unpaired) electrons. The van der Waals surface area contributed by atoms with E-state index in [0.29, 0.717) is 0 Å².